The fraction of sp³-hybridized carbons (Fsp3) is 0.105. The van der Waals surface area contributed by atoms with E-state index in [0.29, 0.717) is 5.75 Å². The quantitative estimate of drug-likeness (QED) is 0.411. The molecule has 0 fully saturated rings. The Morgan fingerprint density at radius 1 is 1.00 bits per heavy atom. The number of methoxy groups -OCH3 is 1. The summed E-state index contributed by atoms with van der Waals surface area (Å²) >= 11 is 5.04. The highest BCUT2D eigenvalue weighted by Crippen LogP contribution is 2.30. The van der Waals surface area contributed by atoms with Crippen LogP contribution in [0.15, 0.2) is 60.7 Å². The van der Waals surface area contributed by atoms with E-state index in [9.17, 15) is 0 Å². The first-order valence-electron chi connectivity index (χ1n) is 7.28. The Morgan fingerprint density at radius 2 is 1.67 bits per heavy atom. The highest BCUT2D eigenvalue weighted by molar-refractivity contribution is 7.80. The van der Waals surface area contributed by atoms with Crippen LogP contribution >= 0.6 is 32.9 Å². The highest BCUT2D eigenvalue weighted by atomic mass is 32.9. The van der Waals surface area contributed by atoms with Crippen LogP contribution in [0.3, 0.4) is 0 Å². The molecule has 0 unspecified atom stereocenters. The van der Waals surface area contributed by atoms with Crippen molar-refractivity contribution in [2.24, 2.45) is 0 Å². The highest BCUT2D eigenvalue weighted by Gasteiger charge is 1.99. The molecule has 0 atom stereocenters. The minimum absolute atomic E-state index is 0.294. The Kier molecular flexibility index (Phi) is 7.18. The molecular formula is C19H18O2S3. The van der Waals surface area contributed by atoms with Gasteiger partial charge < -0.3 is 9.84 Å². The summed E-state index contributed by atoms with van der Waals surface area (Å²) in [6.45, 7) is 2.00. The van der Waals surface area contributed by atoms with Crippen molar-refractivity contribution in [3.8, 4) is 21.9 Å². The number of phenols is 1. The van der Waals surface area contributed by atoms with E-state index in [1.54, 1.807) is 39.9 Å². The predicted molar refractivity (Wildman–Crippen MR) is 108 cm³/mol. The van der Waals surface area contributed by atoms with E-state index in [0.717, 1.165) is 20.0 Å². The third-order valence-electron chi connectivity index (χ3n) is 3.09. The van der Waals surface area contributed by atoms with Gasteiger partial charge in [-0.3, -0.25) is 0 Å². The standard InChI is InChI=1S/C10H12O.C9H6OS3/c1-3-4-9-5-7-10(11-2)8-6-9;10-7-3-1-6(2-4-7)8-5-9(11)13-12-8/h3-8H,1-2H3;1-5,10H/b4-3+;. The fourth-order valence-corrected chi connectivity index (χ4v) is 4.31. The zero-order chi connectivity index (χ0) is 17.4. The molecule has 3 rings (SSSR count). The van der Waals surface area contributed by atoms with Gasteiger partial charge in [0.25, 0.3) is 0 Å². The summed E-state index contributed by atoms with van der Waals surface area (Å²) in [5.74, 6) is 1.20. The minimum atomic E-state index is 0.294. The Bertz CT molecular complexity index is 828. The number of phenolic OH excluding ortho intramolecular Hbond substituents is 1. The summed E-state index contributed by atoms with van der Waals surface area (Å²) in [5, 5.41) is 9.09. The van der Waals surface area contributed by atoms with Crippen molar-refractivity contribution in [3.05, 3.63) is 70.1 Å². The van der Waals surface area contributed by atoms with Crippen LogP contribution in [0.4, 0.5) is 0 Å². The first-order chi connectivity index (χ1) is 11.6. The van der Waals surface area contributed by atoms with Crippen LogP contribution in [-0.4, -0.2) is 12.2 Å². The molecule has 0 amide bonds. The van der Waals surface area contributed by atoms with Gasteiger partial charge in [-0.2, -0.15) is 0 Å². The molecule has 1 aromatic heterocycles. The number of benzene rings is 2. The average molecular weight is 375 g/mol. The van der Waals surface area contributed by atoms with Gasteiger partial charge in [0.2, 0.25) is 0 Å². The van der Waals surface area contributed by atoms with E-state index in [1.807, 2.05) is 55.5 Å². The average Bonchev–Trinajstić information content (AvgIpc) is 3.04. The predicted octanol–water partition coefficient (Wildman–Crippen LogP) is 6.64. The molecule has 5 heteroatoms. The molecule has 3 aromatic rings. The SMILES string of the molecule is C/C=C/c1ccc(OC)cc1.Oc1ccc(-c2cc(=S)ss2)cc1. The molecule has 1 heterocycles. The summed E-state index contributed by atoms with van der Waals surface area (Å²) < 4.78 is 5.93. The van der Waals surface area contributed by atoms with Gasteiger partial charge >= 0.3 is 0 Å². The molecule has 0 saturated carbocycles. The summed E-state index contributed by atoms with van der Waals surface area (Å²) in [7, 11) is 4.93. The van der Waals surface area contributed by atoms with Gasteiger partial charge in [-0.05, 0) is 60.5 Å². The fourth-order valence-electron chi connectivity index (χ4n) is 1.91. The molecule has 124 valence electrons. The maximum atomic E-state index is 9.09. The molecule has 0 aliphatic heterocycles. The van der Waals surface area contributed by atoms with Crippen molar-refractivity contribution in [1.82, 2.24) is 0 Å². The minimum Gasteiger partial charge on any atom is -0.508 e. The Balaban J connectivity index is 0.000000177. The molecule has 0 saturated heterocycles. The maximum Gasteiger partial charge on any atom is 0.118 e. The topological polar surface area (TPSA) is 29.5 Å². The number of rotatable bonds is 3. The molecule has 24 heavy (non-hydrogen) atoms. The molecule has 2 aromatic carbocycles. The zero-order valence-corrected chi connectivity index (χ0v) is 15.9. The molecule has 1 N–H and O–H groups in total. The summed E-state index contributed by atoms with van der Waals surface area (Å²) in [4.78, 5) is 1.16. The second-order valence-corrected chi connectivity index (χ2v) is 7.73. The molecule has 0 spiro atoms. The van der Waals surface area contributed by atoms with E-state index in [4.69, 9.17) is 22.1 Å². The first-order valence-corrected chi connectivity index (χ1v) is 9.84. The zero-order valence-electron chi connectivity index (χ0n) is 13.4. The van der Waals surface area contributed by atoms with Gasteiger partial charge in [-0.25, -0.2) is 0 Å². The summed E-state index contributed by atoms with van der Waals surface area (Å²) in [5.41, 5.74) is 2.31. The molecular weight excluding hydrogens is 356 g/mol. The van der Waals surface area contributed by atoms with Crippen LogP contribution in [0.2, 0.25) is 0 Å². The van der Waals surface area contributed by atoms with Crippen LogP contribution in [0.5, 0.6) is 11.5 Å². The van der Waals surface area contributed by atoms with Crippen molar-refractivity contribution < 1.29 is 9.84 Å². The third kappa shape index (κ3) is 5.60. The van der Waals surface area contributed by atoms with Crippen molar-refractivity contribution in [3.63, 3.8) is 0 Å². The number of allylic oxidation sites excluding steroid dienone is 1. The Labute approximate surface area is 154 Å². The van der Waals surface area contributed by atoms with E-state index in [-0.39, 0.29) is 0 Å². The van der Waals surface area contributed by atoms with Crippen LogP contribution in [0.1, 0.15) is 12.5 Å². The lowest BCUT2D eigenvalue weighted by molar-refractivity contribution is 0.415. The van der Waals surface area contributed by atoms with Crippen molar-refractivity contribution in [2.45, 2.75) is 6.92 Å². The molecule has 0 aliphatic rings. The molecule has 0 radical (unpaired) electrons. The Hall–Kier alpha value is -1.95. The number of hydrogen-bond donors (Lipinski definition) is 1. The summed E-state index contributed by atoms with van der Waals surface area (Å²) in [6.07, 6.45) is 4.07. The van der Waals surface area contributed by atoms with Gasteiger partial charge in [0, 0.05) is 4.88 Å². The van der Waals surface area contributed by atoms with Gasteiger partial charge in [-0.1, -0.05) is 57.2 Å². The van der Waals surface area contributed by atoms with Gasteiger partial charge in [0.1, 0.15) is 15.3 Å². The summed E-state index contributed by atoms with van der Waals surface area (Å²) in [6, 6.07) is 17.1. The van der Waals surface area contributed by atoms with Crippen LogP contribution < -0.4 is 4.74 Å². The van der Waals surface area contributed by atoms with Crippen molar-refractivity contribution in [2.75, 3.05) is 7.11 Å². The van der Waals surface area contributed by atoms with Gasteiger partial charge in [0.05, 0.1) is 7.11 Å². The van der Waals surface area contributed by atoms with Crippen molar-refractivity contribution in [1.29, 1.82) is 0 Å². The van der Waals surface area contributed by atoms with Crippen LogP contribution in [0, 0.1) is 3.82 Å². The Morgan fingerprint density at radius 3 is 2.17 bits per heavy atom. The first kappa shape index (κ1) is 18.4. The smallest absolute Gasteiger partial charge is 0.118 e. The lowest BCUT2D eigenvalue weighted by atomic mass is 10.2. The largest absolute Gasteiger partial charge is 0.508 e. The van der Waals surface area contributed by atoms with E-state index >= 15 is 0 Å². The van der Waals surface area contributed by atoms with E-state index < -0.39 is 0 Å². The molecule has 0 bridgehead atoms. The van der Waals surface area contributed by atoms with E-state index in [2.05, 4.69) is 6.08 Å². The van der Waals surface area contributed by atoms with Gasteiger partial charge in [0.15, 0.2) is 0 Å². The number of ether oxygens (including phenoxy) is 1. The number of hydrogen-bond acceptors (Lipinski definition) is 5. The van der Waals surface area contributed by atoms with Gasteiger partial charge in [-0.15, -0.1) is 0 Å². The third-order valence-corrected chi connectivity index (χ3v) is 6.00. The van der Waals surface area contributed by atoms with Crippen LogP contribution in [0.25, 0.3) is 16.5 Å². The maximum absolute atomic E-state index is 9.09. The lowest BCUT2D eigenvalue weighted by Crippen LogP contribution is -1.80. The van der Waals surface area contributed by atoms with Crippen molar-refractivity contribution >= 4 is 39.0 Å². The normalized spacial score (nSPS) is 10.2. The second-order valence-electron chi connectivity index (χ2n) is 4.81. The molecule has 2 nitrogen and oxygen atoms in total. The monoisotopic (exact) mass is 374 g/mol. The number of aromatic hydroxyl groups is 1. The second kappa shape index (κ2) is 9.37. The lowest BCUT2D eigenvalue weighted by Gasteiger charge is -1.98. The van der Waals surface area contributed by atoms with E-state index in [1.165, 1.54) is 5.56 Å². The van der Waals surface area contributed by atoms with Crippen LogP contribution in [-0.2, 0) is 0 Å². The molecule has 0 aliphatic carbocycles.